The first-order chi connectivity index (χ1) is 15.6. The van der Waals surface area contributed by atoms with E-state index < -0.39 is 12.1 Å². The number of nitrogens with one attached hydrogen (secondary N) is 1. The van der Waals surface area contributed by atoms with Gasteiger partial charge < -0.3 is 15.0 Å². The van der Waals surface area contributed by atoms with E-state index in [4.69, 9.17) is 4.74 Å². The van der Waals surface area contributed by atoms with Crippen LogP contribution < -0.4 is 5.32 Å². The summed E-state index contributed by atoms with van der Waals surface area (Å²) < 4.78 is 5.57. The van der Waals surface area contributed by atoms with Gasteiger partial charge in [0.1, 0.15) is 18.7 Å². The van der Waals surface area contributed by atoms with Crippen molar-refractivity contribution in [2.45, 2.75) is 63.1 Å². The average Bonchev–Trinajstić information content (AvgIpc) is 3.41. The highest BCUT2D eigenvalue weighted by atomic mass is 16.5. The van der Waals surface area contributed by atoms with Gasteiger partial charge in [0.25, 0.3) is 5.91 Å². The normalized spacial score (nSPS) is 24.5. The molecule has 2 saturated heterocycles. The standard InChI is InChI=1S/C26H30N2O4/c29-22-16-32-23-13-14-28(24(22)23)26(31)21(15-17-7-2-1-3-8-17)27-25(30)20-12-6-10-18-9-4-5-11-19(18)20/h4-6,9-12,17,21,23-24H,1-3,7-8,13-16H2,(H,27,30). The van der Waals surface area contributed by atoms with Crippen LogP contribution in [0.5, 0.6) is 0 Å². The van der Waals surface area contributed by atoms with E-state index in [1.165, 1.54) is 19.3 Å². The van der Waals surface area contributed by atoms with E-state index in [2.05, 4.69) is 5.32 Å². The molecule has 1 aliphatic carbocycles. The summed E-state index contributed by atoms with van der Waals surface area (Å²) in [7, 11) is 0. The zero-order chi connectivity index (χ0) is 22.1. The van der Waals surface area contributed by atoms with Gasteiger partial charge in [0, 0.05) is 12.1 Å². The Morgan fingerprint density at radius 2 is 1.81 bits per heavy atom. The smallest absolute Gasteiger partial charge is 0.252 e. The zero-order valence-electron chi connectivity index (χ0n) is 18.3. The molecule has 0 bridgehead atoms. The van der Waals surface area contributed by atoms with Crippen LogP contribution >= 0.6 is 0 Å². The van der Waals surface area contributed by atoms with Crippen LogP contribution in [0.1, 0.15) is 55.3 Å². The van der Waals surface area contributed by atoms with Crippen molar-refractivity contribution in [2.24, 2.45) is 5.92 Å². The van der Waals surface area contributed by atoms with Gasteiger partial charge in [-0.2, -0.15) is 0 Å². The summed E-state index contributed by atoms with van der Waals surface area (Å²) in [4.78, 5) is 41.0. The van der Waals surface area contributed by atoms with Gasteiger partial charge in [0.05, 0.1) is 6.10 Å². The molecule has 3 unspecified atom stereocenters. The Morgan fingerprint density at radius 1 is 1.03 bits per heavy atom. The molecule has 1 saturated carbocycles. The molecule has 3 fully saturated rings. The molecular weight excluding hydrogens is 404 g/mol. The molecule has 1 N–H and O–H groups in total. The maximum Gasteiger partial charge on any atom is 0.252 e. The first kappa shape index (κ1) is 21.1. The third kappa shape index (κ3) is 4.04. The molecule has 5 rings (SSSR count). The number of likely N-dealkylation sites (tertiary alicyclic amines) is 1. The van der Waals surface area contributed by atoms with Gasteiger partial charge >= 0.3 is 0 Å². The second-order valence-electron chi connectivity index (χ2n) is 9.37. The minimum Gasteiger partial charge on any atom is -0.368 e. The molecule has 2 amide bonds. The molecule has 6 heteroatoms. The number of rotatable bonds is 5. The predicted molar refractivity (Wildman–Crippen MR) is 121 cm³/mol. The van der Waals surface area contributed by atoms with E-state index >= 15 is 0 Å². The van der Waals surface area contributed by atoms with E-state index in [0.29, 0.717) is 30.9 Å². The average molecular weight is 435 g/mol. The number of carbonyl (C=O) groups excluding carboxylic acids is 3. The van der Waals surface area contributed by atoms with Crippen molar-refractivity contribution in [3.8, 4) is 0 Å². The monoisotopic (exact) mass is 434 g/mol. The molecule has 2 heterocycles. The summed E-state index contributed by atoms with van der Waals surface area (Å²) in [6.07, 6.45) is 6.85. The second kappa shape index (κ2) is 9.02. The third-order valence-electron chi connectivity index (χ3n) is 7.33. The molecule has 0 radical (unpaired) electrons. The molecule has 2 aromatic carbocycles. The summed E-state index contributed by atoms with van der Waals surface area (Å²) in [5.41, 5.74) is 0.573. The van der Waals surface area contributed by atoms with Crippen LogP contribution in [0.4, 0.5) is 0 Å². The Balaban J connectivity index is 1.40. The highest BCUT2D eigenvalue weighted by Gasteiger charge is 2.48. The second-order valence-corrected chi connectivity index (χ2v) is 9.37. The van der Waals surface area contributed by atoms with Crippen LogP contribution in [0.25, 0.3) is 10.8 Å². The first-order valence-corrected chi connectivity index (χ1v) is 11.9. The Morgan fingerprint density at radius 3 is 2.66 bits per heavy atom. The summed E-state index contributed by atoms with van der Waals surface area (Å²) in [6.45, 7) is 0.583. The van der Waals surface area contributed by atoms with E-state index in [-0.39, 0.29) is 30.3 Å². The van der Waals surface area contributed by atoms with E-state index in [9.17, 15) is 14.4 Å². The topological polar surface area (TPSA) is 75.7 Å². The Hall–Kier alpha value is -2.73. The summed E-state index contributed by atoms with van der Waals surface area (Å²) >= 11 is 0. The van der Waals surface area contributed by atoms with Crippen molar-refractivity contribution in [3.63, 3.8) is 0 Å². The van der Waals surface area contributed by atoms with Crippen molar-refractivity contribution in [3.05, 3.63) is 48.0 Å². The molecule has 0 aromatic heterocycles. The lowest BCUT2D eigenvalue weighted by Gasteiger charge is -2.31. The molecule has 3 aliphatic rings. The van der Waals surface area contributed by atoms with Crippen LogP contribution in [-0.4, -0.2) is 53.8 Å². The Kier molecular flexibility index (Phi) is 5.96. The van der Waals surface area contributed by atoms with Crippen LogP contribution in [0.2, 0.25) is 0 Å². The van der Waals surface area contributed by atoms with Crippen molar-refractivity contribution in [1.82, 2.24) is 10.2 Å². The number of benzene rings is 2. The summed E-state index contributed by atoms with van der Waals surface area (Å²) in [6, 6.07) is 12.3. The number of hydrogen-bond donors (Lipinski definition) is 1. The Bertz CT molecular complexity index is 1020. The maximum atomic E-state index is 13.6. The van der Waals surface area contributed by atoms with Gasteiger partial charge in [0.15, 0.2) is 5.78 Å². The molecule has 2 aromatic rings. The number of amides is 2. The maximum absolute atomic E-state index is 13.6. The lowest BCUT2D eigenvalue weighted by atomic mass is 9.84. The molecule has 6 nitrogen and oxygen atoms in total. The van der Waals surface area contributed by atoms with Gasteiger partial charge in [-0.1, -0.05) is 68.5 Å². The highest BCUT2D eigenvalue weighted by molar-refractivity contribution is 6.08. The van der Waals surface area contributed by atoms with Gasteiger partial charge in [-0.3, -0.25) is 14.4 Å². The Labute approximate surface area is 188 Å². The molecule has 168 valence electrons. The van der Waals surface area contributed by atoms with Crippen molar-refractivity contribution in [1.29, 1.82) is 0 Å². The minimum atomic E-state index is -0.628. The number of nitrogens with zero attached hydrogens (tertiary/aromatic N) is 1. The quantitative estimate of drug-likeness (QED) is 0.782. The first-order valence-electron chi connectivity index (χ1n) is 11.9. The van der Waals surface area contributed by atoms with E-state index in [1.807, 2.05) is 36.4 Å². The summed E-state index contributed by atoms with van der Waals surface area (Å²) in [5, 5.41) is 4.93. The number of carbonyl (C=O) groups is 3. The minimum absolute atomic E-state index is 0.0300. The van der Waals surface area contributed by atoms with Crippen LogP contribution in [0.15, 0.2) is 42.5 Å². The fourth-order valence-corrected chi connectivity index (χ4v) is 5.68. The third-order valence-corrected chi connectivity index (χ3v) is 7.33. The zero-order valence-corrected chi connectivity index (χ0v) is 18.3. The predicted octanol–water partition coefficient (Wildman–Crippen LogP) is 3.48. The van der Waals surface area contributed by atoms with Crippen molar-refractivity contribution in [2.75, 3.05) is 13.2 Å². The fourth-order valence-electron chi connectivity index (χ4n) is 5.68. The molecule has 3 atom stereocenters. The molecule has 2 aliphatic heterocycles. The van der Waals surface area contributed by atoms with E-state index in [0.717, 1.165) is 23.6 Å². The number of fused-ring (bicyclic) bond motifs is 2. The van der Waals surface area contributed by atoms with Gasteiger partial charge in [0.2, 0.25) is 5.91 Å². The van der Waals surface area contributed by atoms with Crippen LogP contribution in [0.3, 0.4) is 0 Å². The highest BCUT2D eigenvalue weighted by Crippen LogP contribution is 2.31. The molecule has 32 heavy (non-hydrogen) atoms. The largest absolute Gasteiger partial charge is 0.368 e. The molecule has 0 spiro atoms. The van der Waals surface area contributed by atoms with Crippen LogP contribution in [-0.2, 0) is 14.3 Å². The molecular formula is C26H30N2O4. The van der Waals surface area contributed by atoms with Gasteiger partial charge in [-0.05, 0) is 35.6 Å². The van der Waals surface area contributed by atoms with Crippen molar-refractivity contribution < 1.29 is 19.1 Å². The van der Waals surface area contributed by atoms with Crippen LogP contribution in [0, 0.1) is 5.92 Å². The SMILES string of the molecule is O=C(NC(CC1CCCCC1)C(=O)N1CCC2OCC(=O)C21)c1cccc2ccccc12. The number of ether oxygens (including phenoxy) is 1. The van der Waals surface area contributed by atoms with Crippen molar-refractivity contribution >= 4 is 28.4 Å². The number of Topliss-reactive ketones (excluding diaryl/α,β-unsaturated/α-hetero) is 1. The van der Waals surface area contributed by atoms with E-state index in [1.54, 1.807) is 11.0 Å². The van der Waals surface area contributed by atoms with Gasteiger partial charge in [-0.15, -0.1) is 0 Å². The number of hydrogen-bond acceptors (Lipinski definition) is 4. The lowest BCUT2D eigenvalue weighted by Crippen LogP contribution is -2.53. The fraction of sp³-hybridized carbons (Fsp3) is 0.500. The summed E-state index contributed by atoms with van der Waals surface area (Å²) in [5.74, 6) is 0.00769. The van der Waals surface area contributed by atoms with Gasteiger partial charge in [-0.25, -0.2) is 0 Å². The number of ketones is 1. The lowest BCUT2D eigenvalue weighted by molar-refractivity contribution is -0.138.